The fourth-order valence-corrected chi connectivity index (χ4v) is 3.18. The van der Waals surface area contributed by atoms with Gasteiger partial charge >= 0.3 is 0 Å². The molecule has 1 aliphatic rings. The van der Waals surface area contributed by atoms with E-state index in [0.29, 0.717) is 0 Å². The summed E-state index contributed by atoms with van der Waals surface area (Å²) < 4.78 is 0. The third kappa shape index (κ3) is 2.35. The van der Waals surface area contributed by atoms with Crippen LogP contribution in [0.4, 0.5) is 5.69 Å². The molecule has 0 saturated carbocycles. The van der Waals surface area contributed by atoms with Crippen molar-refractivity contribution in [2.24, 2.45) is 0 Å². The van der Waals surface area contributed by atoms with Gasteiger partial charge in [-0.05, 0) is 61.9 Å². The number of rotatable bonds is 1. The van der Waals surface area contributed by atoms with E-state index >= 15 is 0 Å². The van der Waals surface area contributed by atoms with Crippen molar-refractivity contribution >= 4 is 11.6 Å². The zero-order chi connectivity index (χ0) is 15.0. The molecule has 0 radical (unpaired) electrons. The van der Waals surface area contributed by atoms with Gasteiger partial charge in [-0.25, -0.2) is 0 Å². The molecule has 0 fully saturated rings. The van der Waals surface area contributed by atoms with Crippen LogP contribution in [0, 0.1) is 20.8 Å². The smallest absolute Gasteiger partial charge is 0.258 e. The number of anilines is 1. The highest BCUT2D eigenvalue weighted by Gasteiger charge is 2.25. The molecule has 2 heteroatoms. The Labute approximate surface area is 126 Å². The average molecular weight is 279 g/mol. The van der Waals surface area contributed by atoms with E-state index in [-0.39, 0.29) is 5.91 Å². The van der Waals surface area contributed by atoms with Gasteiger partial charge in [-0.1, -0.05) is 30.3 Å². The second kappa shape index (κ2) is 5.36. The van der Waals surface area contributed by atoms with Gasteiger partial charge in [0, 0.05) is 12.1 Å². The maximum absolute atomic E-state index is 13.0. The number of carbonyl (C=O) groups excluding carboxylic acids is 1. The Morgan fingerprint density at radius 2 is 1.71 bits per heavy atom. The normalized spacial score (nSPS) is 14.0. The van der Waals surface area contributed by atoms with Crippen LogP contribution in [0.3, 0.4) is 0 Å². The van der Waals surface area contributed by atoms with Gasteiger partial charge in [0.15, 0.2) is 0 Å². The summed E-state index contributed by atoms with van der Waals surface area (Å²) in [5, 5.41) is 0. The molecule has 108 valence electrons. The minimum atomic E-state index is 0.131. The van der Waals surface area contributed by atoms with Gasteiger partial charge in [0.25, 0.3) is 5.91 Å². The fourth-order valence-electron chi connectivity index (χ4n) is 3.18. The second-order valence-electron chi connectivity index (χ2n) is 5.89. The van der Waals surface area contributed by atoms with E-state index in [1.165, 1.54) is 16.7 Å². The quantitative estimate of drug-likeness (QED) is 0.766. The van der Waals surface area contributed by atoms with Crippen molar-refractivity contribution in [3.8, 4) is 0 Å². The third-order valence-corrected chi connectivity index (χ3v) is 4.50. The van der Waals surface area contributed by atoms with Gasteiger partial charge in [0.1, 0.15) is 0 Å². The molecule has 2 aromatic carbocycles. The van der Waals surface area contributed by atoms with E-state index in [1.807, 2.05) is 24.0 Å². The highest BCUT2D eigenvalue weighted by atomic mass is 16.2. The third-order valence-electron chi connectivity index (χ3n) is 4.50. The molecule has 0 atom stereocenters. The number of benzene rings is 2. The van der Waals surface area contributed by atoms with E-state index in [2.05, 4.69) is 38.1 Å². The molecule has 3 rings (SSSR count). The fraction of sp³-hybridized carbons (Fsp3) is 0.316. The summed E-state index contributed by atoms with van der Waals surface area (Å²) in [6.45, 7) is 6.99. The number of para-hydroxylation sites is 1. The van der Waals surface area contributed by atoms with Crippen LogP contribution in [0.5, 0.6) is 0 Å². The Hall–Kier alpha value is -2.09. The van der Waals surface area contributed by atoms with Gasteiger partial charge in [-0.2, -0.15) is 0 Å². The van der Waals surface area contributed by atoms with E-state index in [0.717, 1.165) is 36.2 Å². The Balaban J connectivity index is 2.07. The number of hydrogen-bond donors (Lipinski definition) is 0. The van der Waals surface area contributed by atoms with E-state index in [9.17, 15) is 4.79 Å². The predicted molar refractivity (Wildman–Crippen MR) is 87.1 cm³/mol. The molecule has 0 spiro atoms. The van der Waals surface area contributed by atoms with E-state index in [4.69, 9.17) is 0 Å². The molecule has 21 heavy (non-hydrogen) atoms. The van der Waals surface area contributed by atoms with Crippen LogP contribution in [-0.4, -0.2) is 12.5 Å². The number of fused-ring (bicyclic) bond motifs is 1. The number of hydrogen-bond acceptors (Lipinski definition) is 1. The van der Waals surface area contributed by atoms with Gasteiger partial charge in [0.2, 0.25) is 0 Å². The van der Waals surface area contributed by atoms with Crippen molar-refractivity contribution in [3.05, 3.63) is 64.2 Å². The summed E-state index contributed by atoms with van der Waals surface area (Å²) in [5.74, 6) is 0.131. The first kappa shape index (κ1) is 13.9. The maximum atomic E-state index is 13.0. The van der Waals surface area contributed by atoms with E-state index < -0.39 is 0 Å². The molecule has 0 saturated heterocycles. The summed E-state index contributed by atoms with van der Waals surface area (Å²) in [4.78, 5) is 15.0. The van der Waals surface area contributed by atoms with Crippen LogP contribution in [-0.2, 0) is 6.42 Å². The largest absolute Gasteiger partial charge is 0.308 e. The van der Waals surface area contributed by atoms with Crippen molar-refractivity contribution in [2.45, 2.75) is 33.6 Å². The first-order valence-electron chi connectivity index (χ1n) is 7.56. The van der Waals surface area contributed by atoms with Crippen molar-refractivity contribution in [3.63, 3.8) is 0 Å². The first-order chi connectivity index (χ1) is 10.1. The molecule has 1 amide bonds. The van der Waals surface area contributed by atoms with Crippen LogP contribution in [0.2, 0.25) is 0 Å². The molecular weight excluding hydrogens is 258 g/mol. The standard InChI is InChI=1S/C19H21NO/c1-13-7-5-11-17(15(13)3)19(21)20-12-6-10-16-9-4-8-14(2)18(16)20/h4-5,7-9,11H,6,10,12H2,1-3H3. The molecule has 2 nitrogen and oxygen atoms in total. The summed E-state index contributed by atoms with van der Waals surface area (Å²) in [6.07, 6.45) is 2.10. The minimum Gasteiger partial charge on any atom is -0.308 e. The molecule has 0 aromatic heterocycles. The Kier molecular flexibility index (Phi) is 3.54. The predicted octanol–water partition coefficient (Wildman–Crippen LogP) is 4.20. The van der Waals surface area contributed by atoms with Crippen molar-refractivity contribution in [2.75, 3.05) is 11.4 Å². The van der Waals surface area contributed by atoms with Crippen molar-refractivity contribution in [1.82, 2.24) is 0 Å². The lowest BCUT2D eigenvalue weighted by atomic mass is 9.96. The van der Waals surface area contributed by atoms with Crippen LogP contribution in [0.15, 0.2) is 36.4 Å². The Morgan fingerprint density at radius 1 is 1.00 bits per heavy atom. The van der Waals surface area contributed by atoms with Gasteiger partial charge in [-0.15, -0.1) is 0 Å². The van der Waals surface area contributed by atoms with Gasteiger partial charge in [-0.3, -0.25) is 4.79 Å². The first-order valence-corrected chi connectivity index (χ1v) is 7.56. The highest BCUT2D eigenvalue weighted by Crippen LogP contribution is 2.32. The zero-order valence-electron chi connectivity index (χ0n) is 12.9. The zero-order valence-corrected chi connectivity index (χ0v) is 12.9. The van der Waals surface area contributed by atoms with Crippen molar-refractivity contribution in [1.29, 1.82) is 0 Å². The van der Waals surface area contributed by atoms with Crippen LogP contribution < -0.4 is 4.90 Å². The topological polar surface area (TPSA) is 20.3 Å². The van der Waals surface area contributed by atoms with Crippen molar-refractivity contribution < 1.29 is 4.79 Å². The molecule has 0 aliphatic carbocycles. The summed E-state index contributed by atoms with van der Waals surface area (Å²) in [5.41, 5.74) is 6.68. The summed E-state index contributed by atoms with van der Waals surface area (Å²) >= 11 is 0. The number of aryl methyl sites for hydroxylation is 3. The SMILES string of the molecule is Cc1cccc(C(=O)N2CCCc3cccc(C)c32)c1C. The second-order valence-corrected chi connectivity index (χ2v) is 5.89. The molecule has 1 heterocycles. The lowest BCUT2D eigenvalue weighted by molar-refractivity contribution is 0.0984. The van der Waals surface area contributed by atoms with E-state index in [1.54, 1.807) is 0 Å². The lowest BCUT2D eigenvalue weighted by Gasteiger charge is -2.31. The molecule has 0 N–H and O–H groups in total. The molecule has 2 aromatic rings. The summed E-state index contributed by atoms with van der Waals surface area (Å²) in [6, 6.07) is 12.3. The Bertz CT molecular complexity index is 703. The maximum Gasteiger partial charge on any atom is 0.258 e. The minimum absolute atomic E-state index is 0.131. The van der Waals surface area contributed by atoms with Crippen LogP contribution >= 0.6 is 0 Å². The number of carbonyl (C=O) groups is 1. The van der Waals surface area contributed by atoms with Gasteiger partial charge in [0.05, 0.1) is 5.69 Å². The lowest BCUT2D eigenvalue weighted by Crippen LogP contribution is -2.36. The van der Waals surface area contributed by atoms with Crippen LogP contribution in [0.25, 0.3) is 0 Å². The molecule has 0 bridgehead atoms. The molecular formula is C19H21NO. The molecule has 1 aliphatic heterocycles. The number of nitrogens with zero attached hydrogens (tertiary/aromatic N) is 1. The summed E-state index contributed by atoms with van der Waals surface area (Å²) in [7, 11) is 0. The average Bonchev–Trinajstić information content (AvgIpc) is 2.49. The number of amides is 1. The highest BCUT2D eigenvalue weighted by molar-refractivity contribution is 6.08. The monoisotopic (exact) mass is 279 g/mol. The Morgan fingerprint density at radius 3 is 2.52 bits per heavy atom. The van der Waals surface area contributed by atoms with Gasteiger partial charge < -0.3 is 4.90 Å². The van der Waals surface area contributed by atoms with Crippen LogP contribution in [0.1, 0.15) is 39.0 Å². The molecule has 0 unspecified atom stereocenters.